The van der Waals surface area contributed by atoms with Crippen molar-refractivity contribution in [1.82, 2.24) is 10.3 Å². The first-order valence-electron chi connectivity index (χ1n) is 5.61. The Labute approximate surface area is 101 Å². The van der Waals surface area contributed by atoms with Gasteiger partial charge in [0.2, 0.25) is 10.0 Å². The van der Waals surface area contributed by atoms with E-state index in [1.54, 1.807) is 13.1 Å². The number of hydrogen-bond acceptors (Lipinski definition) is 4. The van der Waals surface area contributed by atoms with Crippen LogP contribution >= 0.6 is 0 Å². The van der Waals surface area contributed by atoms with Gasteiger partial charge in [-0.2, -0.15) is 0 Å². The summed E-state index contributed by atoms with van der Waals surface area (Å²) in [5, 5.41) is 8.55. The van der Waals surface area contributed by atoms with Crippen molar-refractivity contribution in [3.8, 4) is 0 Å². The molecule has 5 nitrogen and oxygen atoms in total. The Kier molecular flexibility index (Phi) is 3.20. The highest BCUT2D eigenvalue weighted by Gasteiger charge is 2.27. The second-order valence-corrected chi connectivity index (χ2v) is 6.00. The van der Waals surface area contributed by atoms with E-state index < -0.39 is 10.0 Å². The normalized spacial score (nSPS) is 20.8. The van der Waals surface area contributed by atoms with Crippen molar-refractivity contribution in [3.05, 3.63) is 23.0 Å². The summed E-state index contributed by atoms with van der Waals surface area (Å²) in [6.07, 6.45) is 2.66. The molecule has 1 atom stereocenters. The van der Waals surface area contributed by atoms with Crippen LogP contribution in [-0.2, 0) is 10.0 Å². The summed E-state index contributed by atoms with van der Waals surface area (Å²) in [4.78, 5) is 4.31. The first kappa shape index (κ1) is 12.5. The molecule has 0 saturated carbocycles. The summed E-state index contributed by atoms with van der Waals surface area (Å²) in [6.45, 7) is 5.28. The van der Waals surface area contributed by atoms with Gasteiger partial charge >= 0.3 is 0 Å². The number of nitrogens with two attached hydrogens (primary N) is 1. The summed E-state index contributed by atoms with van der Waals surface area (Å²) in [6, 6.07) is 0. The van der Waals surface area contributed by atoms with Crippen LogP contribution in [0, 0.1) is 13.8 Å². The number of aryl methyl sites for hydroxylation is 2. The lowest BCUT2D eigenvalue weighted by molar-refractivity contribution is 0.592. The molecule has 3 N–H and O–H groups in total. The van der Waals surface area contributed by atoms with Gasteiger partial charge in [-0.15, -0.1) is 0 Å². The molecule has 6 heteroatoms. The Morgan fingerprint density at radius 1 is 1.47 bits per heavy atom. The van der Waals surface area contributed by atoms with Crippen molar-refractivity contribution in [1.29, 1.82) is 0 Å². The fraction of sp³-hybridized carbons (Fsp3) is 0.545. The maximum Gasteiger partial charge on any atom is 0.240 e. The lowest BCUT2D eigenvalue weighted by Gasteiger charge is -2.17. The number of primary sulfonamides is 1. The summed E-state index contributed by atoms with van der Waals surface area (Å²) in [5.74, 6) is 0.213. The number of pyridine rings is 1. The van der Waals surface area contributed by atoms with Gasteiger partial charge in [0.25, 0.3) is 0 Å². The van der Waals surface area contributed by atoms with Crippen LogP contribution in [0.25, 0.3) is 0 Å². The van der Waals surface area contributed by atoms with Crippen LogP contribution in [0.15, 0.2) is 11.1 Å². The predicted molar refractivity (Wildman–Crippen MR) is 65.3 cm³/mol. The van der Waals surface area contributed by atoms with E-state index in [-0.39, 0.29) is 10.8 Å². The summed E-state index contributed by atoms with van der Waals surface area (Å²) in [5.41, 5.74) is 2.22. The molecule has 1 unspecified atom stereocenters. The third-order valence-corrected chi connectivity index (χ3v) is 4.29. The largest absolute Gasteiger partial charge is 0.316 e. The van der Waals surface area contributed by atoms with Crippen LogP contribution in [0.2, 0.25) is 0 Å². The number of hydrogen-bond donors (Lipinski definition) is 2. The lowest BCUT2D eigenvalue weighted by atomic mass is 9.95. The molecule has 1 saturated heterocycles. The van der Waals surface area contributed by atoms with Crippen molar-refractivity contribution in [3.63, 3.8) is 0 Å². The van der Waals surface area contributed by atoms with Gasteiger partial charge in [-0.3, -0.25) is 4.98 Å². The Bertz CT molecular complexity index is 534. The quantitative estimate of drug-likeness (QED) is 0.802. The number of aromatic nitrogens is 1. The summed E-state index contributed by atoms with van der Waals surface area (Å²) < 4.78 is 23.4. The highest BCUT2D eigenvalue weighted by Crippen LogP contribution is 2.31. The average molecular weight is 255 g/mol. The molecule has 0 radical (unpaired) electrons. The van der Waals surface area contributed by atoms with Gasteiger partial charge in [-0.25, -0.2) is 13.6 Å². The molecule has 1 aliphatic heterocycles. The van der Waals surface area contributed by atoms with Crippen LogP contribution in [0.1, 0.15) is 29.2 Å². The molecule has 2 rings (SSSR count). The molecule has 1 fully saturated rings. The van der Waals surface area contributed by atoms with Crippen molar-refractivity contribution in [2.45, 2.75) is 31.1 Å². The molecule has 94 valence electrons. The number of nitrogens with zero attached hydrogens (tertiary/aromatic N) is 1. The molecule has 1 aromatic rings. The van der Waals surface area contributed by atoms with E-state index >= 15 is 0 Å². The summed E-state index contributed by atoms with van der Waals surface area (Å²) in [7, 11) is -3.71. The minimum atomic E-state index is -3.71. The van der Waals surface area contributed by atoms with Gasteiger partial charge in [-0.05, 0) is 43.9 Å². The minimum Gasteiger partial charge on any atom is -0.316 e. The van der Waals surface area contributed by atoms with E-state index in [1.165, 1.54) is 0 Å². The Morgan fingerprint density at radius 2 is 2.18 bits per heavy atom. The van der Waals surface area contributed by atoms with E-state index in [9.17, 15) is 8.42 Å². The van der Waals surface area contributed by atoms with Crippen LogP contribution in [0.3, 0.4) is 0 Å². The van der Waals surface area contributed by atoms with Gasteiger partial charge < -0.3 is 5.32 Å². The SMILES string of the molecule is Cc1cnc(C)c(S(N)(=O)=O)c1C1CCNC1. The molecular weight excluding hydrogens is 238 g/mol. The zero-order chi connectivity index (χ0) is 12.6. The smallest absolute Gasteiger partial charge is 0.240 e. The molecule has 0 aliphatic carbocycles. The van der Waals surface area contributed by atoms with E-state index in [0.29, 0.717) is 5.69 Å². The molecule has 17 heavy (non-hydrogen) atoms. The van der Waals surface area contributed by atoms with E-state index in [1.807, 2.05) is 6.92 Å². The fourth-order valence-corrected chi connectivity index (χ4v) is 3.56. The number of nitrogens with one attached hydrogen (secondary N) is 1. The Balaban J connectivity index is 2.67. The van der Waals surface area contributed by atoms with Crippen LogP contribution < -0.4 is 10.5 Å². The Hall–Kier alpha value is -0.980. The Morgan fingerprint density at radius 3 is 2.71 bits per heavy atom. The number of sulfonamides is 1. The molecular formula is C11H17N3O2S. The standard InChI is InChI=1S/C11H17N3O2S/c1-7-5-14-8(2)11(17(12,15)16)10(7)9-3-4-13-6-9/h5,9,13H,3-4,6H2,1-2H3,(H2,12,15,16). The van der Waals surface area contributed by atoms with Gasteiger partial charge in [0, 0.05) is 12.7 Å². The third kappa shape index (κ3) is 2.34. The van der Waals surface area contributed by atoms with E-state index in [2.05, 4.69) is 10.3 Å². The van der Waals surface area contributed by atoms with E-state index in [0.717, 1.165) is 30.6 Å². The maximum absolute atomic E-state index is 11.7. The first-order valence-corrected chi connectivity index (χ1v) is 7.15. The van der Waals surface area contributed by atoms with Gasteiger partial charge in [0.15, 0.2) is 0 Å². The monoisotopic (exact) mass is 255 g/mol. The average Bonchev–Trinajstić information content (AvgIpc) is 2.72. The third-order valence-electron chi connectivity index (χ3n) is 3.20. The molecule has 0 aromatic carbocycles. The van der Waals surface area contributed by atoms with Crippen LogP contribution in [0.5, 0.6) is 0 Å². The zero-order valence-corrected chi connectivity index (χ0v) is 10.8. The van der Waals surface area contributed by atoms with E-state index in [4.69, 9.17) is 5.14 Å². The van der Waals surface area contributed by atoms with Crippen molar-refractivity contribution >= 4 is 10.0 Å². The number of rotatable bonds is 2. The highest BCUT2D eigenvalue weighted by atomic mass is 32.2. The molecule has 1 aliphatic rings. The summed E-state index contributed by atoms with van der Waals surface area (Å²) >= 11 is 0. The van der Waals surface area contributed by atoms with Crippen molar-refractivity contribution < 1.29 is 8.42 Å². The fourth-order valence-electron chi connectivity index (χ4n) is 2.46. The van der Waals surface area contributed by atoms with Crippen LogP contribution in [-0.4, -0.2) is 26.5 Å². The second-order valence-electron chi connectivity index (χ2n) is 4.50. The van der Waals surface area contributed by atoms with Crippen molar-refractivity contribution in [2.75, 3.05) is 13.1 Å². The highest BCUT2D eigenvalue weighted by molar-refractivity contribution is 7.89. The van der Waals surface area contributed by atoms with Crippen LogP contribution in [0.4, 0.5) is 0 Å². The zero-order valence-electron chi connectivity index (χ0n) is 10.0. The molecule has 0 bridgehead atoms. The topological polar surface area (TPSA) is 85.1 Å². The second kappa shape index (κ2) is 4.36. The van der Waals surface area contributed by atoms with Gasteiger partial charge in [0.1, 0.15) is 4.90 Å². The maximum atomic E-state index is 11.7. The van der Waals surface area contributed by atoms with Crippen molar-refractivity contribution in [2.24, 2.45) is 5.14 Å². The predicted octanol–water partition coefficient (Wildman–Crippen LogP) is 0.423. The minimum absolute atomic E-state index is 0.213. The molecule has 0 spiro atoms. The molecule has 2 heterocycles. The van der Waals surface area contributed by atoms with Gasteiger partial charge in [-0.1, -0.05) is 0 Å². The lowest BCUT2D eigenvalue weighted by Crippen LogP contribution is -2.20. The van der Waals surface area contributed by atoms with Gasteiger partial charge in [0.05, 0.1) is 5.69 Å². The molecule has 0 amide bonds. The first-order chi connectivity index (χ1) is 7.91. The molecule has 1 aromatic heterocycles.